The Labute approximate surface area is 108 Å². The molecule has 0 saturated heterocycles. The fourth-order valence-corrected chi connectivity index (χ4v) is 1.61. The molecule has 0 saturated carbocycles. The Morgan fingerprint density at radius 1 is 1.00 bits per heavy atom. The molecule has 0 heterocycles. The van der Waals surface area contributed by atoms with Crippen LogP contribution in [0.4, 0.5) is 4.39 Å². The molecule has 0 spiro atoms. The summed E-state index contributed by atoms with van der Waals surface area (Å²) in [5, 5.41) is 9.10. The number of hydrogen-bond acceptors (Lipinski definition) is 1. The zero-order valence-corrected chi connectivity index (χ0v) is 11.1. The normalized spacial score (nSPS) is 9.56. The van der Waals surface area contributed by atoms with Crippen LogP contribution in [0.2, 0.25) is 0 Å². The third-order valence-corrected chi connectivity index (χ3v) is 2.55. The number of benzene rings is 2. The molecule has 0 amide bonds. The second-order valence-corrected chi connectivity index (χ2v) is 3.94. The monoisotopic (exact) mass is 246 g/mol. The van der Waals surface area contributed by atoms with E-state index in [2.05, 4.69) is 0 Å². The maximum absolute atomic E-state index is 13.5. The summed E-state index contributed by atoms with van der Waals surface area (Å²) in [6.45, 7) is 6.02. The van der Waals surface area contributed by atoms with Crippen molar-refractivity contribution in [1.29, 1.82) is 0 Å². The van der Waals surface area contributed by atoms with Crippen molar-refractivity contribution in [2.45, 2.75) is 27.2 Å². The Morgan fingerprint density at radius 3 is 2.17 bits per heavy atom. The highest BCUT2D eigenvalue weighted by atomic mass is 19.1. The van der Waals surface area contributed by atoms with E-state index in [9.17, 15) is 4.39 Å². The van der Waals surface area contributed by atoms with Gasteiger partial charge in [0.2, 0.25) is 0 Å². The zero-order chi connectivity index (χ0) is 13.5. The van der Waals surface area contributed by atoms with Gasteiger partial charge in [0.1, 0.15) is 11.6 Å². The van der Waals surface area contributed by atoms with Gasteiger partial charge in [0.05, 0.1) is 0 Å². The molecule has 0 atom stereocenters. The van der Waals surface area contributed by atoms with E-state index in [0.717, 1.165) is 11.6 Å². The van der Waals surface area contributed by atoms with E-state index in [0.29, 0.717) is 12.0 Å². The van der Waals surface area contributed by atoms with Gasteiger partial charge in [-0.3, -0.25) is 0 Å². The molecule has 1 nitrogen and oxygen atoms in total. The molecule has 18 heavy (non-hydrogen) atoms. The van der Waals surface area contributed by atoms with Gasteiger partial charge in [-0.25, -0.2) is 4.39 Å². The number of aryl methyl sites for hydroxylation is 1. The minimum atomic E-state index is -0.361. The summed E-state index contributed by atoms with van der Waals surface area (Å²) >= 11 is 0. The second kappa shape index (κ2) is 6.80. The summed E-state index contributed by atoms with van der Waals surface area (Å²) in [5.74, 6) is -0.397. The highest BCUT2D eigenvalue weighted by Crippen LogP contribution is 2.18. The van der Waals surface area contributed by atoms with Crippen LogP contribution in [-0.4, -0.2) is 5.11 Å². The molecule has 0 unspecified atom stereocenters. The number of phenols is 1. The fraction of sp³-hybridized carbons (Fsp3) is 0.250. The first-order valence-electron chi connectivity index (χ1n) is 6.18. The molecule has 0 aliphatic carbocycles. The predicted octanol–water partition coefficient (Wildman–Crippen LogP) is 4.46. The SMILES string of the molecule is CC.Cc1ccc(Cc2ccc(O)cc2F)cc1. The Balaban J connectivity index is 0.000000771. The number of phenolic OH excluding ortho intramolecular Hbond substituents is 1. The summed E-state index contributed by atoms with van der Waals surface area (Å²) < 4.78 is 13.5. The van der Waals surface area contributed by atoms with Crippen molar-refractivity contribution in [2.24, 2.45) is 0 Å². The van der Waals surface area contributed by atoms with Crippen LogP contribution in [0.1, 0.15) is 30.5 Å². The molecule has 2 aromatic rings. The van der Waals surface area contributed by atoms with E-state index in [1.807, 2.05) is 45.0 Å². The van der Waals surface area contributed by atoms with Crippen LogP contribution in [-0.2, 0) is 6.42 Å². The number of aromatic hydroxyl groups is 1. The molecule has 2 heteroatoms. The van der Waals surface area contributed by atoms with Crippen LogP contribution in [0, 0.1) is 12.7 Å². The lowest BCUT2D eigenvalue weighted by atomic mass is 10.0. The lowest BCUT2D eigenvalue weighted by molar-refractivity contribution is 0.468. The number of halogens is 1. The largest absolute Gasteiger partial charge is 0.508 e. The summed E-state index contributed by atoms with van der Waals surface area (Å²) in [4.78, 5) is 0. The van der Waals surface area contributed by atoms with Crippen LogP contribution < -0.4 is 0 Å². The van der Waals surface area contributed by atoms with Crippen LogP contribution in [0.25, 0.3) is 0 Å². The summed E-state index contributed by atoms with van der Waals surface area (Å²) in [5.41, 5.74) is 2.85. The van der Waals surface area contributed by atoms with E-state index in [-0.39, 0.29) is 11.6 Å². The van der Waals surface area contributed by atoms with Crippen molar-refractivity contribution in [3.63, 3.8) is 0 Å². The summed E-state index contributed by atoms with van der Waals surface area (Å²) in [7, 11) is 0. The van der Waals surface area contributed by atoms with Gasteiger partial charge in [-0.1, -0.05) is 49.7 Å². The zero-order valence-electron chi connectivity index (χ0n) is 11.1. The molecule has 0 fully saturated rings. The maximum Gasteiger partial charge on any atom is 0.130 e. The predicted molar refractivity (Wildman–Crippen MR) is 73.4 cm³/mol. The van der Waals surface area contributed by atoms with Gasteiger partial charge >= 0.3 is 0 Å². The minimum Gasteiger partial charge on any atom is -0.508 e. The average Bonchev–Trinajstić information content (AvgIpc) is 2.38. The average molecular weight is 246 g/mol. The van der Waals surface area contributed by atoms with Gasteiger partial charge in [0.15, 0.2) is 0 Å². The fourth-order valence-electron chi connectivity index (χ4n) is 1.61. The first-order valence-corrected chi connectivity index (χ1v) is 6.18. The molecule has 0 bridgehead atoms. The van der Waals surface area contributed by atoms with Gasteiger partial charge in [-0.2, -0.15) is 0 Å². The Bertz CT molecular complexity index is 489. The highest BCUT2D eigenvalue weighted by Gasteiger charge is 2.04. The molecular formula is C16H19FO. The maximum atomic E-state index is 13.5. The van der Waals surface area contributed by atoms with Gasteiger partial charge < -0.3 is 5.11 Å². The topological polar surface area (TPSA) is 20.2 Å². The molecule has 2 aromatic carbocycles. The summed E-state index contributed by atoms with van der Waals surface area (Å²) in [6, 6.07) is 12.3. The third-order valence-electron chi connectivity index (χ3n) is 2.55. The molecule has 0 aliphatic rings. The standard InChI is InChI=1S/C14H13FO.C2H6/c1-10-2-4-11(5-3-10)8-12-6-7-13(16)9-14(12)15;1-2/h2-7,9,16H,8H2,1H3;1-2H3. The van der Waals surface area contributed by atoms with Gasteiger partial charge in [-0.15, -0.1) is 0 Å². The highest BCUT2D eigenvalue weighted by molar-refractivity contribution is 5.32. The van der Waals surface area contributed by atoms with E-state index in [4.69, 9.17) is 5.11 Å². The van der Waals surface area contributed by atoms with Crippen LogP contribution in [0.15, 0.2) is 42.5 Å². The van der Waals surface area contributed by atoms with E-state index in [1.165, 1.54) is 11.6 Å². The lowest BCUT2D eigenvalue weighted by Crippen LogP contribution is -1.92. The van der Waals surface area contributed by atoms with Crippen LogP contribution in [0.5, 0.6) is 5.75 Å². The first kappa shape index (κ1) is 14.2. The van der Waals surface area contributed by atoms with Crippen LogP contribution >= 0.6 is 0 Å². The number of hydrogen-bond donors (Lipinski definition) is 1. The Hall–Kier alpha value is -1.83. The summed E-state index contributed by atoms with van der Waals surface area (Å²) in [6.07, 6.45) is 0.548. The molecule has 0 aliphatic heterocycles. The van der Waals surface area contributed by atoms with Crippen molar-refractivity contribution < 1.29 is 9.50 Å². The van der Waals surface area contributed by atoms with Crippen molar-refractivity contribution in [3.05, 3.63) is 65.0 Å². The van der Waals surface area contributed by atoms with E-state index in [1.54, 1.807) is 6.07 Å². The van der Waals surface area contributed by atoms with Crippen molar-refractivity contribution >= 4 is 0 Å². The molecule has 96 valence electrons. The van der Waals surface area contributed by atoms with Crippen molar-refractivity contribution in [2.75, 3.05) is 0 Å². The van der Waals surface area contributed by atoms with Crippen molar-refractivity contribution in [3.8, 4) is 5.75 Å². The van der Waals surface area contributed by atoms with Gasteiger partial charge in [0, 0.05) is 12.5 Å². The molecule has 0 aromatic heterocycles. The smallest absolute Gasteiger partial charge is 0.130 e. The molecule has 2 rings (SSSR count). The van der Waals surface area contributed by atoms with Crippen molar-refractivity contribution in [1.82, 2.24) is 0 Å². The molecule has 0 radical (unpaired) electrons. The molecule has 1 N–H and O–H groups in total. The van der Waals surface area contributed by atoms with Gasteiger partial charge in [-0.05, 0) is 24.1 Å². The minimum absolute atomic E-state index is 0.0369. The first-order chi connectivity index (χ1) is 8.65. The Kier molecular flexibility index (Phi) is 5.37. The van der Waals surface area contributed by atoms with E-state index >= 15 is 0 Å². The van der Waals surface area contributed by atoms with Crippen LogP contribution in [0.3, 0.4) is 0 Å². The number of rotatable bonds is 2. The van der Waals surface area contributed by atoms with Gasteiger partial charge in [0.25, 0.3) is 0 Å². The second-order valence-electron chi connectivity index (χ2n) is 3.94. The quantitative estimate of drug-likeness (QED) is 0.829. The third kappa shape index (κ3) is 3.88. The van der Waals surface area contributed by atoms with E-state index < -0.39 is 0 Å². The Morgan fingerprint density at radius 2 is 1.61 bits per heavy atom. The molecular weight excluding hydrogens is 227 g/mol. The lowest BCUT2D eigenvalue weighted by Gasteiger charge is -2.04.